The third-order valence-corrected chi connectivity index (χ3v) is 3.23. The van der Waals surface area contributed by atoms with E-state index in [1.54, 1.807) is 18.2 Å². The summed E-state index contributed by atoms with van der Waals surface area (Å²) in [5, 5.41) is 10.7. The van der Waals surface area contributed by atoms with Crippen LogP contribution in [0, 0.1) is 5.92 Å². The standard InChI is InChI=1S/C11H15Cl2NO.ClH/c1-6(2)11(15)10(14)7-4-3-5-8(12)9(7)13;/h3-6,10-11,15H,14H2,1-2H3;1H/t10-,11+;/m0./s1. The first-order valence-corrected chi connectivity index (χ1v) is 5.58. The van der Waals surface area contributed by atoms with Crippen molar-refractivity contribution < 1.29 is 5.11 Å². The van der Waals surface area contributed by atoms with Gasteiger partial charge in [-0.05, 0) is 17.5 Å². The molecule has 0 aliphatic carbocycles. The first-order valence-electron chi connectivity index (χ1n) is 4.82. The average Bonchev–Trinajstić information content (AvgIpc) is 2.20. The molecule has 0 spiro atoms. The summed E-state index contributed by atoms with van der Waals surface area (Å²) in [5.74, 6) is 0.0787. The number of nitrogens with two attached hydrogens (primary N) is 1. The minimum absolute atomic E-state index is 0. The van der Waals surface area contributed by atoms with E-state index in [0.29, 0.717) is 15.6 Å². The van der Waals surface area contributed by atoms with E-state index in [-0.39, 0.29) is 18.3 Å². The average molecular weight is 285 g/mol. The highest BCUT2D eigenvalue weighted by Gasteiger charge is 2.22. The third-order valence-electron chi connectivity index (χ3n) is 2.39. The summed E-state index contributed by atoms with van der Waals surface area (Å²) >= 11 is 11.9. The fraction of sp³-hybridized carbons (Fsp3) is 0.455. The van der Waals surface area contributed by atoms with Crippen molar-refractivity contribution in [1.29, 1.82) is 0 Å². The minimum atomic E-state index is -0.624. The molecule has 5 heteroatoms. The zero-order valence-electron chi connectivity index (χ0n) is 9.15. The first kappa shape index (κ1) is 16.0. The van der Waals surface area contributed by atoms with Crippen molar-refractivity contribution in [3.05, 3.63) is 33.8 Å². The number of hydrogen-bond donors (Lipinski definition) is 2. The summed E-state index contributed by atoms with van der Waals surface area (Å²) in [4.78, 5) is 0. The van der Waals surface area contributed by atoms with E-state index in [2.05, 4.69) is 0 Å². The fourth-order valence-electron chi connectivity index (χ4n) is 1.38. The van der Waals surface area contributed by atoms with Gasteiger partial charge in [0.1, 0.15) is 0 Å². The van der Waals surface area contributed by atoms with Gasteiger partial charge in [-0.2, -0.15) is 0 Å². The second-order valence-electron chi connectivity index (χ2n) is 3.90. The van der Waals surface area contributed by atoms with E-state index in [1.165, 1.54) is 0 Å². The summed E-state index contributed by atoms with van der Waals surface area (Å²) in [6.45, 7) is 3.81. The van der Waals surface area contributed by atoms with Crippen LogP contribution in [0.25, 0.3) is 0 Å². The zero-order chi connectivity index (χ0) is 11.6. The first-order chi connectivity index (χ1) is 6.95. The van der Waals surface area contributed by atoms with E-state index < -0.39 is 12.1 Å². The van der Waals surface area contributed by atoms with Crippen LogP contribution in [0.2, 0.25) is 10.0 Å². The summed E-state index contributed by atoms with van der Waals surface area (Å²) in [5.41, 5.74) is 6.60. The number of benzene rings is 1. The lowest BCUT2D eigenvalue weighted by Gasteiger charge is -2.23. The Kier molecular flexibility index (Phi) is 6.68. The maximum Gasteiger partial charge on any atom is 0.0756 e. The maximum absolute atomic E-state index is 9.84. The van der Waals surface area contributed by atoms with Crippen LogP contribution in [0.15, 0.2) is 18.2 Å². The molecule has 2 nitrogen and oxygen atoms in total. The minimum Gasteiger partial charge on any atom is -0.391 e. The van der Waals surface area contributed by atoms with Gasteiger partial charge in [0.15, 0.2) is 0 Å². The quantitative estimate of drug-likeness (QED) is 0.893. The summed E-state index contributed by atoms with van der Waals surface area (Å²) in [6.07, 6.45) is -0.624. The van der Waals surface area contributed by atoms with Crippen molar-refractivity contribution >= 4 is 35.6 Å². The lowest BCUT2D eigenvalue weighted by Crippen LogP contribution is -2.30. The van der Waals surface area contributed by atoms with Crippen molar-refractivity contribution in [2.75, 3.05) is 0 Å². The van der Waals surface area contributed by atoms with Gasteiger partial charge in [-0.1, -0.05) is 49.2 Å². The van der Waals surface area contributed by atoms with E-state index in [0.717, 1.165) is 0 Å². The molecule has 1 aromatic carbocycles. The molecule has 0 amide bonds. The second-order valence-corrected chi connectivity index (χ2v) is 4.69. The smallest absolute Gasteiger partial charge is 0.0756 e. The summed E-state index contributed by atoms with van der Waals surface area (Å²) < 4.78 is 0. The molecule has 0 unspecified atom stereocenters. The van der Waals surface area contributed by atoms with Gasteiger partial charge in [-0.25, -0.2) is 0 Å². The van der Waals surface area contributed by atoms with Crippen LogP contribution in [0.5, 0.6) is 0 Å². The highest BCUT2D eigenvalue weighted by molar-refractivity contribution is 6.42. The Hall–Kier alpha value is 0.01000. The monoisotopic (exact) mass is 283 g/mol. The van der Waals surface area contributed by atoms with Gasteiger partial charge < -0.3 is 10.8 Å². The van der Waals surface area contributed by atoms with Crippen LogP contribution in [-0.2, 0) is 0 Å². The molecule has 0 saturated heterocycles. The lowest BCUT2D eigenvalue weighted by molar-refractivity contribution is 0.0980. The fourth-order valence-corrected chi connectivity index (χ4v) is 1.81. The molecule has 0 saturated carbocycles. The number of aliphatic hydroxyl groups is 1. The van der Waals surface area contributed by atoms with Gasteiger partial charge >= 0.3 is 0 Å². The predicted molar refractivity (Wildman–Crippen MR) is 71.5 cm³/mol. The van der Waals surface area contributed by atoms with Crippen molar-refractivity contribution in [3.8, 4) is 0 Å². The molecule has 0 aliphatic heterocycles. The van der Waals surface area contributed by atoms with Crippen LogP contribution in [-0.4, -0.2) is 11.2 Å². The normalized spacial score (nSPS) is 14.4. The Morgan fingerprint density at radius 2 is 1.81 bits per heavy atom. The molecule has 0 radical (unpaired) electrons. The lowest BCUT2D eigenvalue weighted by atomic mass is 9.94. The van der Waals surface area contributed by atoms with Crippen molar-refractivity contribution in [1.82, 2.24) is 0 Å². The topological polar surface area (TPSA) is 46.2 Å². The van der Waals surface area contributed by atoms with Gasteiger partial charge in [-0.3, -0.25) is 0 Å². The Balaban J connectivity index is 0.00000225. The largest absolute Gasteiger partial charge is 0.391 e. The Labute approximate surface area is 112 Å². The zero-order valence-corrected chi connectivity index (χ0v) is 11.5. The number of rotatable bonds is 3. The Bertz CT molecular complexity index is 344. The number of aliphatic hydroxyl groups excluding tert-OH is 1. The summed E-state index contributed by atoms with van der Waals surface area (Å²) in [6, 6.07) is 4.75. The van der Waals surface area contributed by atoms with Gasteiger partial charge in [0.05, 0.1) is 22.2 Å². The molecule has 2 atom stereocenters. The third kappa shape index (κ3) is 3.51. The van der Waals surface area contributed by atoms with Gasteiger partial charge in [0.2, 0.25) is 0 Å². The van der Waals surface area contributed by atoms with Crippen LogP contribution < -0.4 is 5.73 Å². The molecule has 0 heterocycles. The molecule has 0 aromatic heterocycles. The molecule has 16 heavy (non-hydrogen) atoms. The van der Waals surface area contributed by atoms with Crippen molar-refractivity contribution in [3.63, 3.8) is 0 Å². The van der Waals surface area contributed by atoms with Gasteiger partial charge in [-0.15, -0.1) is 12.4 Å². The number of hydrogen-bond acceptors (Lipinski definition) is 2. The van der Waals surface area contributed by atoms with Crippen LogP contribution in [0.3, 0.4) is 0 Å². The molecule has 0 fully saturated rings. The van der Waals surface area contributed by atoms with Crippen LogP contribution in [0.4, 0.5) is 0 Å². The maximum atomic E-state index is 9.84. The number of halogens is 3. The molecule has 92 valence electrons. The molecule has 0 aliphatic rings. The van der Waals surface area contributed by atoms with E-state index in [4.69, 9.17) is 28.9 Å². The Morgan fingerprint density at radius 1 is 1.25 bits per heavy atom. The molecule has 3 N–H and O–H groups in total. The molecule has 0 bridgehead atoms. The van der Waals surface area contributed by atoms with E-state index in [9.17, 15) is 5.11 Å². The molecular weight excluding hydrogens is 268 g/mol. The molecule has 1 rings (SSSR count). The van der Waals surface area contributed by atoms with Crippen LogP contribution in [0.1, 0.15) is 25.5 Å². The highest BCUT2D eigenvalue weighted by Crippen LogP contribution is 2.31. The summed E-state index contributed by atoms with van der Waals surface area (Å²) in [7, 11) is 0. The molecular formula is C11H16Cl3NO. The van der Waals surface area contributed by atoms with Gasteiger partial charge in [0, 0.05) is 0 Å². The SMILES string of the molecule is CC(C)[C@@H](O)[C@@H](N)c1cccc(Cl)c1Cl.Cl. The van der Waals surface area contributed by atoms with Gasteiger partial charge in [0.25, 0.3) is 0 Å². The Morgan fingerprint density at radius 3 is 2.31 bits per heavy atom. The van der Waals surface area contributed by atoms with Crippen LogP contribution >= 0.6 is 35.6 Å². The highest BCUT2D eigenvalue weighted by atomic mass is 35.5. The van der Waals surface area contributed by atoms with Crippen molar-refractivity contribution in [2.24, 2.45) is 11.7 Å². The van der Waals surface area contributed by atoms with E-state index >= 15 is 0 Å². The second kappa shape index (κ2) is 6.67. The van der Waals surface area contributed by atoms with E-state index in [1.807, 2.05) is 13.8 Å². The molecule has 1 aromatic rings. The van der Waals surface area contributed by atoms with Crippen molar-refractivity contribution in [2.45, 2.75) is 26.0 Å². The predicted octanol–water partition coefficient (Wildman–Crippen LogP) is 3.43.